The van der Waals surface area contributed by atoms with E-state index in [1.807, 2.05) is 6.92 Å². The molecule has 4 atom stereocenters. The standard InChI is InChI=1S/C16H25NO/c1-11(2)12-5-7-15(3,10-17)14-6-8-16(4,18)9-13(12)14/h9,11-12,14,18H,5-8H2,1-4H3. The van der Waals surface area contributed by atoms with E-state index < -0.39 is 5.60 Å². The Morgan fingerprint density at radius 1 is 1.33 bits per heavy atom. The van der Waals surface area contributed by atoms with Crippen molar-refractivity contribution in [3.05, 3.63) is 11.6 Å². The number of fused-ring (bicyclic) bond motifs is 1. The number of rotatable bonds is 1. The molecule has 0 radical (unpaired) electrons. The maximum atomic E-state index is 10.3. The van der Waals surface area contributed by atoms with E-state index in [-0.39, 0.29) is 5.41 Å². The molecule has 2 heteroatoms. The van der Waals surface area contributed by atoms with Gasteiger partial charge in [0.05, 0.1) is 17.1 Å². The van der Waals surface area contributed by atoms with Crippen molar-refractivity contribution in [1.82, 2.24) is 0 Å². The summed E-state index contributed by atoms with van der Waals surface area (Å²) in [6, 6.07) is 2.54. The molecule has 100 valence electrons. The van der Waals surface area contributed by atoms with Crippen LogP contribution < -0.4 is 0 Å². The molecule has 0 spiro atoms. The largest absolute Gasteiger partial charge is 0.386 e. The maximum absolute atomic E-state index is 10.3. The Balaban J connectivity index is 2.42. The van der Waals surface area contributed by atoms with Gasteiger partial charge in [-0.15, -0.1) is 0 Å². The lowest BCUT2D eigenvalue weighted by molar-refractivity contribution is 0.0571. The van der Waals surface area contributed by atoms with Gasteiger partial charge in [0.25, 0.3) is 0 Å². The van der Waals surface area contributed by atoms with Crippen molar-refractivity contribution in [3.8, 4) is 6.07 Å². The second-order valence-electron chi connectivity index (χ2n) is 7.01. The highest BCUT2D eigenvalue weighted by molar-refractivity contribution is 5.28. The molecule has 1 fully saturated rings. The summed E-state index contributed by atoms with van der Waals surface area (Å²) in [6.07, 6.45) is 5.88. The number of nitrogens with zero attached hydrogens (tertiary/aromatic N) is 1. The topological polar surface area (TPSA) is 44.0 Å². The minimum absolute atomic E-state index is 0.228. The van der Waals surface area contributed by atoms with Gasteiger partial charge in [-0.3, -0.25) is 0 Å². The van der Waals surface area contributed by atoms with Crippen LogP contribution in [0.2, 0.25) is 0 Å². The summed E-state index contributed by atoms with van der Waals surface area (Å²) in [5.74, 6) is 1.49. The van der Waals surface area contributed by atoms with Crippen LogP contribution in [0.25, 0.3) is 0 Å². The second kappa shape index (κ2) is 4.38. The van der Waals surface area contributed by atoms with Crippen LogP contribution in [0.5, 0.6) is 0 Å². The number of hydrogen-bond donors (Lipinski definition) is 1. The molecule has 0 aliphatic heterocycles. The summed E-state index contributed by atoms with van der Waals surface area (Å²) in [4.78, 5) is 0. The van der Waals surface area contributed by atoms with Crippen LogP contribution >= 0.6 is 0 Å². The van der Waals surface area contributed by atoms with E-state index in [2.05, 4.69) is 32.9 Å². The molecule has 2 rings (SSSR count). The van der Waals surface area contributed by atoms with E-state index in [9.17, 15) is 10.4 Å². The molecule has 0 bridgehead atoms. The number of aliphatic hydroxyl groups is 1. The van der Waals surface area contributed by atoms with Crippen LogP contribution in [0.3, 0.4) is 0 Å². The zero-order valence-electron chi connectivity index (χ0n) is 12.0. The smallest absolute Gasteiger partial charge is 0.0802 e. The van der Waals surface area contributed by atoms with E-state index in [1.165, 1.54) is 5.57 Å². The Hall–Kier alpha value is -0.810. The van der Waals surface area contributed by atoms with Gasteiger partial charge < -0.3 is 5.11 Å². The fraction of sp³-hybridized carbons (Fsp3) is 0.812. The zero-order valence-corrected chi connectivity index (χ0v) is 12.0. The number of hydrogen-bond acceptors (Lipinski definition) is 2. The van der Waals surface area contributed by atoms with Gasteiger partial charge >= 0.3 is 0 Å². The van der Waals surface area contributed by atoms with E-state index in [0.717, 1.165) is 25.7 Å². The summed E-state index contributed by atoms with van der Waals surface area (Å²) < 4.78 is 0. The molecular formula is C16H25NO. The van der Waals surface area contributed by atoms with Gasteiger partial charge in [-0.25, -0.2) is 0 Å². The molecule has 2 aliphatic rings. The van der Waals surface area contributed by atoms with Crippen molar-refractivity contribution in [1.29, 1.82) is 5.26 Å². The highest BCUT2D eigenvalue weighted by Gasteiger charge is 2.47. The third kappa shape index (κ3) is 2.21. The summed E-state index contributed by atoms with van der Waals surface area (Å²) >= 11 is 0. The van der Waals surface area contributed by atoms with Crippen LogP contribution in [-0.4, -0.2) is 10.7 Å². The monoisotopic (exact) mass is 247 g/mol. The van der Waals surface area contributed by atoms with Crippen molar-refractivity contribution < 1.29 is 5.11 Å². The first kappa shape index (κ1) is 13.6. The molecule has 1 saturated carbocycles. The molecular weight excluding hydrogens is 222 g/mol. The first-order valence-corrected chi connectivity index (χ1v) is 7.15. The fourth-order valence-electron chi connectivity index (χ4n) is 3.84. The Kier molecular flexibility index (Phi) is 3.32. The van der Waals surface area contributed by atoms with Crippen molar-refractivity contribution in [2.75, 3.05) is 0 Å². The molecule has 0 aromatic rings. The van der Waals surface area contributed by atoms with E-state index >= 15 is 0 Å². The van der Waals surface area contributed by atoms with Gasteiger partial charge in [0.1, 0.15) is 0 Å². The molecule has 0 aromatic heterocycles. The fourth-order valence-corrected chi connectivity index (χ4v) is 3.84. The normalized spacial score (nSPS) is 44.2. The molecule has 0 amide bonds. The van der Waals surface area contributed by atoms with Gasteiger partial charge in [0.2, 0.25) is 0 Å². The van der Waals surface area contributed by atoms with Crippen molar-refractivity contribution in [2.45, 2.75) is 59.0 Å². The SMILES string of the molecule is CC(C)C1CCC(C)(C#N)C2CCC(C)(O)C=C12. The Labute approximate surface area is 111 Å². The zero-order chi connectivity index (χ0) is 13.6. The Morgan fingerprint density at radius 2 is 2.00 bits per heavy atom. The summed E-state index contributed by atoms with van der Waals surface area (Å²) in [5.41, 5.74) is 0.456. The minimum Gasteiger partial charge on any atom is -0.386 e. The van der Waals surface area contributed by atoms with Crippen molar-refractivity contribution in [3.63, 3.8) is 0 Å². The third-order valence-electron chi connectivity index (χ3n) is 5.05. The Bertz CT molecular complexity index is 402. The van der Waals surface area contributed by atoms with Gasteiger partial charge in [-0.2, -0.15) is 5.26 Å². The summed E-state index contributed by atoms with van der Waals surface area (Å²) in [7, 11) is 0. The lowest BCUT2D eigenvalue weighted by Crippen LogP contribution is -2.42. The third-order valence-corrected chi connectivity index (χ3v) is 5.05. The average molecular weight is 247 g/mol. The lowest BCUT2D eigenvalue weighted by atomic mass is 9.56. The van der Waals surface area contributed by atoms with Gasteiger partial charge in [0, 0.05) is 0 Å². The minimum atomic E-state index is -0.674. The molecule has 0 heterocycles. The van der Waals surface area contributed by atoms with E-state index in [4.69, 9.17) is 0 Å². The van der Waals surface area contributed by atoms with Crippen molar-refractivity contribution in [2.24, 2.45) is 23.2 Å². The van der Waals surface area contributed by atoms with Gasteiger partial charge in [-0.05, 0) is 57.3 Å². The predicted octanol–water partition coefficient (Wildman–Crippen LogP) is 3.67. The Morgan fingerprint density at radius 3 is 2.56 bits per heavy atom. The highest BCUT2D eigenvalue weighted by atomic mass is 16.3. The highest BCUT2D eigenvalue weighted by Crippen LogP contribution is 2.53. The maximum Gasteiger partial charge on any atom is 0.0802 e. The molecule has 2 nitrogen and oxygen atoms in total. The lowest BCUT2D eigenvalue weighted by Gasteiger charge is -2.47. The first-order valence-electron chi connectivity index (χ1n) is 7.15. The summed E-state index contributed by atoms with van der Waals surface area (Å²) in [5, 5.41) is 19.8. The molecule has 0 saturated heterocycles. The van der Waals surface area contributed by atoms with E-state index in [0.29, 0.717) is 17.8 Å². The van der Waals surface area contributed by atoms with Crippen LogP contribution in [0.15, 0.2) is 11.6 Å². The number of allylic oxidation sites excluding steroid dienone is 1. The van der Waals surface area contributed by atoms with E-state index in [1.54, 1.807) is 0 Å². The van der Waals surface area contributed by atoms with Crippen LogP contribution in [0.4, 0.5) is 0 Å². The molecule has 1 N–H and O–H groups in total. The average Bonchev–Trinajstić information content (AvgIpc) is 2.27. The van der Waals surface area contributed by atoms with Crippen molar-refractivity contribution >= 4 is 0 Å². The van der Waals surface area contributed by atoms with Crippen LogP contribution in [0.1, 0.15) is 53.4 Å². The molecule has 0 aromatic carbocycles. The first-order chi connectivity index (χ1) is 8.29. The number of nitriles is 1. The summed E-state index contributed by atoms with van der Waals surface area (Å²) in [6.45, 7) is 8.50. The van der Waals surface area contributed by atoms with Crippen LogP contribution in [-0.2, 0) is 0 Å². The predicted molar refractivity (Wildman–Crippen MR) is 72.7 cm³/mol. The molecule has 18 heavy (non-hydrogen) atoms. The quantitative estimate of drug-likeness (QED) is 0.718. The van der Waals surface area contributed by atoms with Gasteiger partial charge in [-0.1, -0.05) is 25.5 Å². The molecule has 2 aliphatic carbocycles. The molecule has 4 unspecified atom stereocenters. The van der Waals surface area contributed by atoms with Gasteiger partial charge in [0.15, 0.2) is 0 Å². The second-order valence-corrected chi connectivity index (χ2v) is 7.01. The van der Waals surface area contributed by atoms with Crippen LogP contribution in [0, 0.1) is 34.5 Å².